The van der Waals surface area contributed by atoms with Crippen molar-refractivity contribution in [3.8, 4) is 0 Å². The van der Waals surface area contributed by atoms with Crippen LogP contribution in [0.25, 0.3) is 0 Å². The molecule has 3 fully saturated rings. The van der Waals surface area contributed by atoms with E-state index < -0.39 is 0 Å². The van der Waals surface area contributed by atoms with E-state index in [0.29, 0.717) is 30.6 Å². The lowest BCUT2D eigenvalue weighted by Crippen LogP contribution is -2.52. The maximum atomic E-state index is 12.3. The minimum atomic E-state index is 0.372. The summed E-state index contributed by atoms with van der Waals surface area (Å²) in [6, 6.07) is 1.98. The van der Waals surface area contributed by atoms with E-state index in [4.69, 9.17) is 0 Å². The second kappa shape index (κ2) is 5.80. The highest BCUT2D eigenvalue weighted by molar-refractivity contribution is 5.78. The van der Waals surface area contributed by atoms with Crippen LogP contribution in [0.2, 0.25) is 0 Å². The number of amides is 1. The van der Waals surface area contributed by atoms with Gasteiger partial charge in [-0.15, -0.1) is 0 Å². The molecule has 3 aliphatic rings. The molecule has 0 aliphatic carbocycles. The quantitative estimate of drug-likeness (QED) is 0.830. The fourth-order valence-corrected chi connectivity index (χ4v) is 4.21. The second-order valence-corrected chi connectivity index (χ2v) is 6.37. The third-order valence-corrected chi connectivity index (χ3v) is 5.15. The summed E-state index contributed by atoms with van der Waals surface area (Å²) in [4.78, 5) is 16.9. The first-order chi connectivity index (χ1) is 9.28. The third-order valence-electron chi connectivity index (χ3n) is 5.15. The molecule has 3 rings (SSSR count). The van der Waals surface area contributed by atoms with Gasteiger partial charge < -0.3 is 10.2 Å². The minimum absolute atomic E-state index is 0.372. The van der Waals surface area contributed by atoms with E-state index in [9.17, 15) is 4.79 Å². The minimum Gasteiger partial charge on any atom is -0.342 e. The molecule has 0 aromatic rings. The number of likely N-dealkylation sites (tertiary alicyclic amines) is 1. The Hall–Kier alpha value is -0.610. The van der Waals surface area contributed by atoms with Gasteiger partial charge in [-0.05, 0) is 45.1 Å². The molecule has 4 nitrogen and oxygen atoms in total. The van der Waals surface area contributed by atoms with Crippen LogP contribution in [0.15, 0.2) is 0 Å². The van der Waals surface area contributed by atoms with Gasteiger partial charge in [0, 0.05) is 31.2 Å². The lowest BCUT2D eigenvalue weighted by molar-refractivity contribution is -0.132. The molecule has 108 valence electrons. The van der Waals surface area contributed by atoms with Crippen molar-refractivity contribution in [2.45, 2.75) is 63.6 Å². The summed E-state index contributed by atoms with van der Waals surface area (Å²) in [6.45, 7) is 5.90. The predicted molar refractivity (Wildman–Crippen MR) is 76.0 cm³/mol. The van der Waals surface area contributed by atoms with Crippen LogP contribution in [0.5, 0.6) is 0 Å². The van der Waals surface area contributed by atoms with Gasteiger partial charge in [-0.25, -0.2) is 0 Å². The average Bonchev–Trinajstić information content (AvgIpc) is 2.99. The number of rotatable bonds is 4. The molecular weight excluding hydrogens is 238 g/mol. The molecule has 2 unspecified atom stereocenters. The van der Waals surface area contributed by atoms with E-state index in [2.05, 4.69) is 22.0 Å². The van der Waals surface area contributed by atoms with E-state index >= 15 is 0 Å². The molecule has 19 heavy (non-hydrogen) atoms. The Labute approximate surface area is 116 Å². The first kappa shape index (κ1) is 13.4. The lowest BCUT2D eigenvalue weighted by atomic mass is 9.97. The molecule has 2 bridgehead atoms. The van der Waals surface area contributed by atoms with Crippen molar-refractivity contribution in [3.63, 3.8) is 0 Å². The van der Waals surface area contributed by atoms with Gasteiger partial charge in [0.2, 0.25) is 5.91 Å². The largest absolute Gasteiger partial charge is 0.342 e. The highest BCUT2D eigenvalue weighted by Gasteiger charge is 2.41. The molecule has 0 aromatic carbocycles. The third kappa shape index (κ3) is 2.79. The van der Waals surface area contributed by atoms with E-state index in [-0.39, 0.29) is 0 Å². The summed E-state index contributed by atoms with van der Waals surface area (Å²) >= 11 is 0. The van der Waals surface area contributed by atoms with Crippen molar-refractivity contribution >= 4 is 5.91 Å². The van der Waals surface area contributed by atoms with Crippen LogP contribution >= 0.6 is 0 Å². The summed E-state index contributed by atoms with van der Waals surface area (Å²) in [6.07, 6.45) is 7.44. The zero-order valence-corrected chi connectivity index (χ0v) is 12.1. The molecule has 0 saturated carbocycles. The van der Waals surface area contributed by atoms with Crippen molar-refractivity contribution in [2.24, 2.45) is 0 Å². The number of carbonyl (C=O) groups is 1. The van der Waals surface area contributed by atoms with Gasteiger partial charge in [0.25, 0.3) is 0 Å². The molecule has 0 aromatic heterocycles. The smallest absolute Gasteiger partial charge is 0.236 e. The first-order valence-corrected chi connectivity index (χ1v) is 8.05. The van der Waals surface area contributed by atoms with Crippen molar-refractivity contribution in [2.75, 3.05) is 26.2 Å². The van der Waals surface area contributed by atoms with E-state index in [1.54, 1.807) is 0 Å². The van der Waals surface area contributed by atoms with Gasteiger partial charge in [-0.1, -0.05) is 6.92 Å². The van der Waals surface area contributed by atoms with Crippen molar-refractivity contribution in [1.29, 1.82) is 0 Å². The van der Waals surface area contributed by atoms with Crippen LogP contribution in [-0.4, -0.2) is 60.0 Å². The summed E-state index contributed by atoms with van der Waals surface area (Å²) < 4.78 is 0. The Bertz CT molecular complexity index is 313. The molecule has 4 heteroatoms. The first-order valence-electron chi connectivity index (χ1n) is 8.05. The topological polar surface area (TPSA) is 35.6 Å². The summed E-state index contributed by atoms with van der Waals surface area (Å²) in [5.74, 6) is 0.372. The van der Waals surface area contributed by atoms with Crippen LogP contribution in [0.4, 0.5) is 0 Å². The number of nitrogens with zero attached hydrogens (tertiary/aromatic N) is 2. The molecule has 1 N–H and O–H groups in total. The Morgan fingerprint density at radius 3 is 2.37 bits per heavy atom. The summed E-state index contributed by atoms with van der Waals surface area (Å²) in [5, 5.41) is 3.59. The van der Waals surface area contributed by atoms with Crippen molar-refractivity contribution < 1.29 is 4.79 Å². The van der Waals surface area contributed by atoms with Gasteiger partial charge in [0.1, 0.15) is 0 Å². The molecule has 2 atom stereocenters. The number of hydrogen-bond donors (Lipinski definition) is 1. The highest BCUT2D eigenvalue weighted by atomic mass is 16.2. The van der Waals surface area contributed by atoms with Gasteiger partial charge >= 0.3 is 0 Å². The molecular formula is C15H27N3O. The maximum Gasteiger partial charge on any atom is 0.236 e. The fraction of sp³-hybridized carbons (Fsp3) is 0.933. The maximum absolute atomic E-state index is 12.3. The molecule has 1 amide bonds. The van der Waals surface area contributed by atoms with E-state index in [1.807, 2.05) is 0 Å². The summed E-state index contributed by atoms with van der Waals surface area (Å²) in [5.41, 5.74) is 0. The van der Waals surface area contributed by atoms with Crippen LogP contribution < -0.4 is 5.32 Å². The highest BCUT2D eigenvalue weighted by Crippen LogP contribution is 2.35. The Morgan fingerprint density at radius 2 is 1.79 bits per heavy atom. The Kier molecular flexibility index (Phi) is 4.08. The van der Waals surface area contributed by atoms with E-state index in [1.165, 1.54) is 38.5 Å². The normalized spacial score (nSPS) is 35.0. The molecule has 0 spiro atoms. The van der Waals surface area contributed by atoms with Crippen LogP contribution in [0.1, 0.15) is 45.4 Å². The monoisotopic (exact) mass is 265 g/mol. The SMILES string of the molecule is CCNC1CC2CCC(C1)N2CC(=O)N1CCCC1. The van der Waals surface area contributed by atoms with Gasteiger partial charge in [0.05, 0.1) is 6.54 Å². The van der Waals surface area contributed by atoms with E-state index in [0.717, 1.165) is 19.6 Å². The van der Waals surface area contributed by atoms with Crippen LogP contribution in [0, 0.1) is 0 Å². The molecule has 3 heterocycles. The van der Waals surface area contributed by atoms with Crippen molar-refractivity contribution in [3.05, 3.63) is 0 Å². The van der Waals surface area contributed by atoms with Crippen LogP contribution in [0.3, 0.4) is 0 Å². The predicted octanol–water partition coefficient (Wildman–Crippen LogP) is 1.21. The Morgan fingerprint density at radius 1 is 1.16 bits per heavy atom. The number of piperidine rings is 1. The molecule has 0 radical (unpaired) electrons. The van der Waals surface area contributed by atoms with Gasteiger partial charge in [0.15, 0.2) is 0 Å². The van der Waals surface area contributed by atoms with Gasteiger partial charge in [-0.2, -0.15) is 0 Å². The van der Waals surface area contributed by atoms with Crippen molar-refractivity contribution in [1.82, 2.24) is 15.1 Å². The second-order valence-electron chi connectivity index (χ2n) is 6.37. The number of nitrogens with one attached hydrogen (secondary N) is 1. The zero-order valence-electron chi connectivity index (χ0n) is 12.1. The fourth-order valence-electron chi connectivity index (χ4n) is 4.21. The lowest BCUT2D eigenvalue weighted by Gasteiger charge is -2.39. The number of carbonyl (C=O) groups excluding carboxylic acids is 1. The number of hydrogen-bond acceptors (Lipinski definition) is 3. The van der Waals surface area contributed by atoms with Gasteiger partial charge in [-0.3, -0.25) is 9.69 Å². The summed E-state index contributed by atoms with van der Waals surface area (Å²) in [7, 11) is 0. The molecule has 3 aliphatic heterocycles. The standard InChI is InChI=1S/C15H27N3O/c1-2-16-12-9-13-5-6-14(10-12)18(13)11-15(19)17-7-3-4-8-17/h12-14,16H,2-11H2,1H3. The number of fused-ring (bicyclic) bond motifs is 2. The molecule has 3 saturated heterocycles. The average molecular weight is 265 g/mol. The van der Waals surface area contributed by atoms with Crippen LogP contribution in [-0.2, 0) is 4.79 Å². The Balaban J connectivity index is 1.56. The zero-order chi connectivity index (χ0) is 13.2.